The number of ketones is 1. The summed E-state index contributed by atoms with van der Waals surface area (Å²) >= 11 is 0. The largest absolute Gasteiger partial charge is 0.481 e. The van der Waals surface area contributed by atoms with Crippen molar-refractivity contribution in [2.75, 3.05) is 0 Å². The summed E-state index contributed by atoms with van der Waals surface area (Å²) in [4.78, 5) is 26.7. The summed E-state index contributed by atoms with van der Waals surface area (Å²) in [5.74, 6) is -1.90. The standard InChI is InChI=1S/C18H17N3O3/c19-21-20-15(11-12-16(22)23)17(13-7-3-1-4-8-13)18(24)14-9-5-2-6-10-14/h1-10,15,17H,11-12H2,(H,22,23). The maximum absolute atomic E-state index is 13.0. The third kappa shape index (κ3) is 4.44. The SMILES string of the molecule is [N-]=[N+]=NC(CCC(=O)O)C(C(=O)c1ccccc1)c1ccccc1. The number of benzene rings is 2. The number of rotatable bonds is 8. The van der Waals surface area contributed by atoms with Gasteiger partial charge in [-0.2, -0.15) is 0 Å². The summed E-state index contributed by atoms with van der Waals surface area (Å²) in [5, 5.41) is 12.6. The van der Waals surface area contributed by atoms with Crippen molar-refractivity contribution in [3.63, 3.8) is 0 Å². The van der Waals surface area contributed by atoms with Crippen LogP contribution in [0.1, 0.15) is 34.7 Å². The van der Waals surface area contributed by atoms with Crippen molar-refractivity contribution in [2.45, 2.75) is 24.8 Å². The Morgan fingerprint density at radius 1 is 1.04 bits per heavy atom. The second-order valence-electron chi connectivity index (χ2n) is 5.32. The molecule has 0 saturated carbocycles. The van der Waals surface area contributed by atoms with Gasteiger partial charge >= 0.3 is 5.97 Å². The number of hydrogen-bond donors (Lipinski definition) is 1. The van der Waals surface area contributed by atoms with Crippen molar-refractivity contribution < 1.29 is 14.7 Å². The van der Waals surface area contributed by atoms with Crippen LogP contribution in [0.25, 0.3) is 10.4 Å². The van der Waals surface area contributed by atoms with Crippen LogP contribution in [0, 0.1) is 0 Å². The van der Waals surface area contributed by atoms with Gasteiger partial charge < -0.3 is 5.11 Å². The van der Waals surface area contributed by atoms with Crippen molar-refractivity contribution in [3.05, 3.63) is 82.2 Å². The first-order chi connectivity index (χ1) is 11.6. The van der Waals surface area contributed by atoms with Crippen molar-refractivity contribution in [1.29, 1.82) is 0 Å². The van der Waals surface area contributed by atoms with E-state index < -0.39 is 17.9 Å². The zero-order valence-corrected chi connectivity index (χ0v) is 12.9. The number of azide groups is 1. The van der Waals surface area contributed by atoms with E-state index in [0.29, 0.717) is 11.1 Å². The van der Waals surface area contributed by atoms with E-state index in [1.807, 2.05) is 12.1 Å². The number of carboxylic acid groups (broad SMARTS) is 1. The van der Waals surface area contributed by atoms with Crippen LogP contribution >= 0.6 is 0 Å². The number of nitrogens with zero attached hydrogens (tertiary/aromatic N) is 3. The second-order valence-corrected chi connectivity index (χ2v) is 5.32. The zero-order valence-electron chi connectivity index (χ0n) is 12.9. The average molecular weight is 323 g/mol. The monoisotopic (exact) mass is 323 g/mol. The third-order valence-corrected chi connectivity index (χ3v) is 3.74. The molecule has 2 aromatic carbocycles. The fourth-order valence-corrected chi connectivity index (χ4v) is 2.62. The van der Waals surface area contributed by atoms with Gasteiger partial charge in [-0.3, -0.25) is 9.59 Å². The predicted molar refractivity (Wildman–Crippen MR) is 89.8 cm³/mol. The number of Topliss-reactive ketones (excluding diaryl/α,β-unsaturated/α-hetero) is 1. The van der Waals surface area contributed by atoms with Crippen LogP contribution in [-0.2, 0) is 4.79 Å². The maximum Gasteiger partial charge on any atom is 0.303 e. The molecule has 0 amide bonds. The van der Waals surface area contributed by atoms with Crippen LogP contribution in [0.4, 0.5) is 0 Å². The van der Waals surface area contributed by atoms with E-state index >= 15 is 0 Å². The fourth-order valence-electron chi connectivity index (χ4n) is 2.62. The highest BCUT2D eigenvalue weighted by atomic mass is 16.4. The van der Waals surface area contributed by atoms with E-state index in [2.05, 4.69) is 10.0 Å². The molecule has 0 aromatic heterocycles. The molecule has 0 spiro atoms. The number of carbonyl (C=O) groups excluding carboxylic acids is 1. The first-order valence-corrected chi connectivity index (χ1v) is 7.53. The van der Waals surface area contributed by atoms with E-state index in [1.165, 1.54) is 0 Å². The molecule has 0 fully saturated rings. The Bertz CT molecular complexity index is 741. The Morgan fingerprint density at radius 3 is 2.17 bits per heavy atom. The maximum atomic E-state index is 13.0. The van der Waals surface area contributed by atoms with E-state index in [-0.39, 0.29) is 18.6 Å². The first-order valence-electron chi connectivity index (χ1n) is 7.53. The molecule has 0 radical (unpaired) electrons. The normalized spacial score (nSPS) is 12.7. The van der Waals surface area contributed by atoms with Crippen LogP contribution in [0.15, 0.2) is 65.8 Å². The smallest absolute Gasteiger partial charge is 0.303 e. The van der Waals surface area contributed by atoms with E-state index in [4.69, 9.17) is 10.6 Å². The van der Waals surface area contributed by atoms with Crippen molar-refractivity contribution in [2.24, 2.45) is 5.11 Å². The summed E-state index contributed by atoms with van der Waals surface area (Å²) < 4.78 is 0. The Morgan fingerprint density at radius 2 is 1.62 bits per heavy atom. The van der Waals surface area contributed by atoms with E-state index in [0.717, 1.165) is 0 Å². The van der Waals surface area contributed by atoms with Crippen molar-refractivity contribution >= 4 is 11.8 Å². The zero-order chi connectivity index (χ0) is 17.4. The van der Waals surface area contributed by atoms with Crippen molar-refractivity contribution in [1.82, 2.24) is 0 Å². The molecule has 2 aromatic rings. The third-order valence-electron chi connectivity index (χ3n) is 3.74. The number of aliphatic carboxylic acids is 1. The van der Waals surface area contributed by atoms with Gasteiger partial charge in [-0.1, -0.05) is 65.8 Å². The van der Waals surface area contributed by atoms with Crippen LogP contribution in [0.2, 0.25) is 0 Å². The molecule has 2 rings (SSSR count). The molecule has 6 heteroatoms. The van der Waals surface area contributed by atoms with E-state index in [1.54, 1.807) is 48.5 Å². The molecule has 0 heterocycles. The minimum Gasteiger partial charge on any atom is -0.481 e. The molecule has 0 bridgehead atoms. The van der Waals surface area contributed by atoms with Gasteiger partial charge in [-0.15, -0.1) is 0 Å². The van der Waals surface area contributed by atoms with Gasteiger partial charge in [0.25, 0.3) is 0 Å². The minimum atomic E-state index is -0.993. The molecule has 2 atom stereocenters. The molecular formula is C18H17N3O3. The van der Waals surface area contributed by atoms with Gasteiger partial charge in [0.2, 0.25) is 0 Å². The topological polar surface area (TPSA) is 103 Å². The first kappa shape index (κ1) is 17.2. The number of carbonyl (C=O) groups is 2. The molecule has 0 saturated heterocycles. The summed E-state index contributed by atoms with van der Waals surface area (Å²) in [6.45, 7) is 0. The Balaban J connectivity index is 2.43. The molecule has 1 N–H and O–H groups in total. The number of carboxylic acids is 1. The lowest BCUT2D eigenvalue weighted by Crippen LogP contribution is -2.25. The van der Waals surface area contributed by atoms with Gasteiger partial charge in [0.1, 0.15) is 0 Å². The Labute approximate surface area is 139 Å². The van der Waals surface area contributed by atoms with E-state index in [9.17, 15) is 9.59 Å². The lowest BCUT2D eigenvalue weighted by atomic mass is 9.83. The molecule has 0 aliphatic heterocycles. The molecule has 0 aliphatic carbocycles. The highest BCUT2D eigenvalue weighted by Crippen LogP contribution is 2.29. The number of hydrogen-bond acceptors (Lipinski definition) is 3. The molecule has 122 valence electrons. The minimum absolute atomic E-state index is 0.0948. The Kier molecular flexibility index (Phi) is 6.11. The van der Waals surface area contributed by atoms with Gasteiger partial charge in [-0.05, 0) is 17.5 Å². The Hall–Kier alpha value is -3.11. The summed E-state index contributed by atoms with van der Waals surface area (Å²) in [5.41, 5.74) is 10.1. The summed E-state index contributed by atoms with van der Waals surface area (Å²) in [6, 6.07) is 16.9. The van der Waals surface area contributed by atoms with Gasteiger partial charge in [-0.25, -0.2) is 0 Å². The van der Waals surface area contributed by atoms with Crippen LogP contribution in [0.3, 0.4) is 0 Å². The second kappa shape index (κ2) is 8.50. The van der Waals surface area contributed by atoms with Crippen LogP contribution in [-0.4, -0.2) is 22.9 Å². The fraction of sp³-hybridized carbons (Fsp3) is 0.222. The molecular weight excluding hydrogens is 306 g/mol. The van der Waals surface area contributed by atoms with Gasteiger partial charge in [0.15, 0.2) is 5.78 Å². The van der Waals surface area contributed by atoms with Crippen LogP contribution in [0.5, 0.6) is 0 Å². The molecule has 2 unspecified atom stereocenters. The van der Waals surface area contributed by atoms with Gasteiger partial charge in [0.05, 0.1) is 12.0 Å². The summed E-state index contributed by atoms with van der Waals surface area (Å²) in [6.07, 6.45) is -0.0768. The highest BCUT2D eigenvalue weighted by Gasteiger charge is 2.30. The summed E-state index contributed by atoms with van der Waals surface area (Å²) in [7, 11) is 0. The van der Waals surface area contributed by atoms with Gasteiger partial charge in [0, 0.05) is 16.9 Å². The van der Waals surface area contributed by atoms with Crippen molar-refractivity contribution in [3.8, 4) is 0 Å². The molecule has 0 aliphatic rings. The lowest BCUT2D eigenvalue weighted by molar-refractivity contribution is -0.137. The highest BCUT2D eigenvalue weighted by molar-refractivity contribution is 6.01. The molecule has 6 nitrogen and oxygen atoms in total. The quantitative estimate of drug-likeness (QED) is 0.341. The van der Waals surface area contributed by atoms with Crippen LogP contribution < -0.4 is 0 Å². The predicted octanol–water partition coefficient (Wildman–Crippen LogP) is 4.20. The molecule has 24 heavy (non-hydrogen) atoms. The lowest BCUT2D eigenvalue weighted by Gasteiger charge is -2.22. The average Bonchev–Trinajstić information content (AvgIpc) is 2.61.